The van der Waals surface area contributed by atoms with Gasteiger partial charge < -0.3 is 20.1 Å². The highest BCUT2D eigenvalue weighted by atomic mass is 16.5. The standard InChI is InChI=1S/C17H30N2O2/c1-17(2,3)19-11-6-10-18-12-9-14-7-8-15(20-4)16(13-14)21-5/h7-8,13,18-19H,6,9-12H2,1-5H3. The van der Waals surface area contributed by atoms with Crippen LogP contribution in [-0.2, 0) is 6.42 Å². The van der Waals surface area contributed by atoms with Crippen LogP contribution in [0.5, 0.6) is 11.5 Å². The summed E-state index contributed by atoms with van der Waals surface area (Å²) in [5.74, 6) is 1.58. The highest BCUT2D eigenvalue weighted by Gasteiger charge is 2.07. The first kappa shape index (κ1) is 17.8. The highest BCUT2D eigenvalue weighted by molar-refractivity contribution is 5.42. The molecule has 120 valence electrons. The minimum atomic E-state index is 0.208. The smallest absolute Gasteiger partial charge is 0.160 e. The Balaban J connectivity index is 2.21. The quantitative estimate of drug-likeness (QED) is 0.687. The summed E-state index contributed by atoms with van der Waals surface area (Å²) in [5.41, 5.74) is 1.47. The fourth-order valence-corrected chi connectivity index (χ4v) is 2.07. The second kappa shape index (κ2) is 8.90. The van der Waals surface area contributed by atoms with Gasteiger partial charge in [0, 0.05) is 5.54 Å². The van der Waals surface area contributed by atoms with Crippen LogP contribution in [0.25, 0.3) is 0 Å². The van der Waals surface area contributed by atoms with Crippen LogP contribution in [0.4, 0.5) is 0 Å². The fraction of sp³-hybridized carbons (Fsp3) is 0.647. The number of benzene rings is 1. The lowest BCUT2D eigenvalue weighted by Crippen LogP contribution is -2.37. The van der Waals surface area contributed by atoms with Gasteiger partial charge in [0.1, 0.15) is 0 Å². The highest BCUT2D eigenvalue weighted by Crippen LogP contribution is 2.27. The van der Waals surface area contributed by atoms with E-state index in [1.807, 2.05) is 12.1 Å². The average molecular weight is 294 g/mol. The lowest BCUT2D eigenvalue weighted by molar-refractivity contribution is 0.354. The van der Waals surface area contributed by atoms with Gasteiger partial charge in [-0.2, -0.15) is 0 Å². The van der Waals surface area contributed by atoms with E-state index in [4.69, 9.17) is 9.47 Å². The van der Waals surface area contributed by atoms with Gasteiger partial charge >= 0.3 is 0 Å². The maximum absolute atomic E-state index is 5.31. The molecule has 0 amide bonds. The number of methoxy groups -OCH3 is 2. The number of ether oxygens (including phenoxy) is 2. The molecule has 0 saturated carbocycles. The van der Waals surface area contributed by atoms with Crippen molar-refractivity contribution in [2.24, 2.45) is 0 Å². The predicted octanol–water partition coefficient (Wildman–Crippen LogP) is 2.61. The molecule has 0 aromatic heterocycles. The summed E-state index contributed by atoms with van der Waals surface area (Å²) in [6, 6.07) is 6.09. The molecule has 0 spiro atoms. The molecule has 0 radical (unpaired) electrons. The van der Waals surface area contributed by atoms with E-state index in [0.29, 0.717) is 0 Å². The first-order valence-electron chi connectivity index (χ1n) is 7.63. The van der Waals surface area contributed by atoms with Gasteiger partial charge in [-0.05, 0) is 70.9 Å². The number of hydrogen-bond donors (Lipinski definition) is 2. The van der Waals surface area contributed by atoms with Crippen LogP contribution in [0.3, 0.4) is 0 Å². The van der Waals surface area contributed by atoms with E-state index in [9.17, 15) is 0 Å². The molecule has 4 nitrogen and oxygen atoms in total. The van der Waals surface area contributed by atoms with Crippen molar-refractivity contribution in [1.82, 2.24) is 10.6 Å². The van der Waals surface area contributed by atoms with E-state index < -0.39 is 0 Å². The first-order chi connectivity index (χ1) is 9.96. The number of nitrogens with one attached hydrogen (secondary N) is 2. The minimum Gasteiger partial charge on any atom is -0.493 e. The lowest BCUT2D eigenvalue weighted by atomic mass is 10.1. The molecule has 21 heavy (non-hydrogen) atoms. The molecule has 1 rings (SSSR count). The topological polar surface area (TPSA) is 42.5 Å². The maximum atomic E-state index is 5.31. The number of hydrogen-bond acceptors (Lipinski definition) is 4. The van der Waals surface area contributed by atoms with Crippen LogP contribution in [-0.4, -0.2) is 39.4 Å². The Morgan fingerprint density at radius 3 is 2.29 bits per heavy atom. The first-order valence-corrected chi connectivity index (χ1v) is 7.63. The van der Waals surface area contributed by atoms with Crippen LogP contribution >= 0.6 is 0 Å². The molecule has 0 fully saturated rings. The molecular formula is C17H30N2O2. The summed E-state index contributed by atoms with van der Waals surface area (Å²) < 4.78 is 10.6. The van der Waals surface area contributed by atoms with Gasteiger partial charge in [-0.3, -0.25) is 0 Å². The Morgan fingerprint density at radius 1 is 0.952 bits per heavy atom. The molecule has 0 aliphatic carbocycles. The van der Waals surface area contributed by atoms with E-state index in [-0.39, 0.29) is 5.54 Å². The lowest BCUT2D eigenvalue weighted by Gasteiger charge is -2.20. The van der Waals surface area contributed by atoms with Crippen molar-refractivity contribution in [3.8, 4) is 11.5 Å². The van der Waals surface area contributed by atoms with E-state index in [1.54, 1.807) is 14.2 Å². The fourth-order valence-electron chi connectivity index (χ4n) is 2.07. The molecule has 0 saturated heterocycles. The van der Waals surface area contributed by atoms with Gasteiger partial charge in [-0.15, -0.1) is 0 Å². The summed E-state index contributed by atoms with van der Waals surface area (Å²) in [6.45, 7) is 9.64. The SMILES string of the molecule is COc1ccc(CCNCCCNC(C)(C)C)cc1OC. The van der Waals surface area contributed by atoms with Crippen LogP contribution in [0.15, 0.2) is 18.2 Å². The second-order valence-electron chi connectivity index (χ2n) is 6.22. The van der Waals surface area contributed by atoms with E-state index in [1.165, 1.54) is 5.56 Å². The van der Waals surface area contributed by atoms with Crippen molar-refractivity contribution in [1.29, 1.82) is 0 Å². The minimum absolute atomic E-state index is 0.208. The van der Waals surface area contributed by atoms with Crippen molar-refractivity contribution >= 4 is 0 Å². The van der Waals surface area contributed by atoms with Crippen LogP contribution in [0.2, 0.25) is 0 Å². The van der Waals surface area contributed by atoms with Gasteiger partial charge in [0.15, 0.2) is 11.5 Å². The summed E-state index contributed by atoms with van der Waals surface area (Å²) in [6.07, 6.45) is 2.14. The Bertz CT molecular complexity index is 414. The summed E-state index contributed by atoms with van der Waals surface area (Å²) >= 11 is 0. The van der Waals surface area contributed by atoms with E-state index in [0.717, 1.165) is 44.0 Å². The Hall–Kier alpha value is -1.26. The number of rotatable bonds is 9. The third-order valence-electron chi connectivity index (χ3n) is 3.22. The molecule has 0 aliphatic heterocycles. The summed E-state index contributed by atoms with van der Waals surface area (Å²) in [4.78, 5) is 0. The Morgan fingerprint density at radius 2 is 1.67 bits per heavy atom. The molecule has 0 heterocycles. The third-order valence-corrected chi connectivity index (χ3v) is 3.22. The van der Waals surface area contributed by atoms with Gasteiger partial charge in [0.05, 0.1) is 14.2 Å². The molecule has 0 bridgehead atoms. The van der Waals surface area contributed by atoms with Gasteiger partial charge in [-0.1, -0.05) is 6.07 Å². The molecule has 2 N–H and O–H groups in total. The normalized spacial score (nSPS) is 11.5. The van der Waals surface area contributed by atoms with Gasteiger partial charge in [0.25, 0.3) is 0 Å². The van der Waals surface area contributed by atoms with Crippen molar-refractivity contribution in [2.45, 2.75) is 39.2 Å². The Labute approximate surface area is 129 Å². The molecule has 0 atom stereocenters. The zero-order valence-electron chi connectivity index (χ0n) is 14.1. The molecular weight excluding hydrogens is 264 g/mol. The zero-order valence-corrected chi connectivity index (χ0v) is 14.1. The van der Waals surface area contributed by atoms with Crippen molar-refractivity contribution in [3.63, 3.8) is 0 Å². The van der Waals surface area contributed by atoms with Crippen molar-refractivity contribution in [3.05, 3.63) is 23.8 Å². The van der Waals surface area contributed by atoms with E-state index >= 15 is 0 Å². The second-order valence-corrected chi connectivity index (χ2v) is 6.22. The maximum Gasteiger partial charge on any atom is 0.160 e. The molecule has 4 heteroatoms. The van der Waals surface area contributed by atoms with Crippen LogP contribution < -0.4 is 20.1 Å². The molecule has 0 unspecified atom stereocenters. The molecule has 0 aliphatic rings. The Kier molecular flexibility index (Phi) is 7.54. The van der Waals surface area contributed by atoms with Crippen molar-refractivity contribution < 1.29 is 9.47 Å². The van der Waals surface area contributed by atoms with E-state index in [2.05, 4.69) is 37.5 Å². The van der Waals surface area contributed by atoms with Gasteiger partial charge in [-0.25, -0.2) is 0 Å². The van der Waals surface area contributed by atoms with Crippen molar-refractivity contribution in [2.75, 3.05) is 33.9 Å². The molecule has 1 aromatic rings. The van der Waals surface area contributed by atoms with Gasteiger partial charge in [0.2, 0.25) is 0 Å². The van der Waals surface area contributed by atoms with Crippen LogP contribution in [0.1, 0.15) is 32.8 Å². The average Bonchev–Trinajstić information content (AvgIpc) is 2.44. The summed E-state index contributed by atoms with van der Waals surface area (Å²) in [7, 11) is 3.33. The third kappa shape index (κ3) is 7.34. The predicted molar refractivity (Wildman–Crippen MR) is 88.5 cm³/mol. The molecule has 1 aromatic carbocycles. The monoisotopic (exact) mass is 294 g/mol. The van der Waals surface area contributed by atoms with Crippen LogP contribution in [0, 0.1) is 0 Å². The largest absolute Gasteiger partial charge is 0.493 e. The summed E-state index contributed by atoms with van der Waals surface area (Å²) in [5, 5.41) is 6.96. The zero-order chi connectivity index (χ0) is 15.7.